The lowest BCUT2D eigenvalue weighted by Crippen LogP contribution is -2.41. The van der Waals surface area contributed by atoms with Crippen molar-refractivity contribution in [1.29, 1.82) is 0 Å². The van der Waals surface area contributed by atoms with Gasteiger partial charge in [-0.15, -0.1) is 0 Å². The molecule has 1 amide bonds. The lowest BCUT2D eigenvalue weighted by molar-refractivity contribution is -0.0258. The molecule has 1 aliphatic rings. The second kappa shape index (κ2) is 7.95. The molecule has 0 heterocycles. The largest absolute Gasteiger partial charge is 0.349 e. The van der Waals surface area contributed by atoms with Crippen LogP contribution in [0.25, 0.3) is 0 Å². The van der Waals surface area contributed by atoms with Crippen LogP contribution in [0.3, 0.4) is 0 Å². The number of carbonyl (C=O) groups is 1. The number of hydroxylamine groups is 1. The third kappa shape index (κ3) is 4.17. The van der Waals surface area contributed by atoms with Crippen LogP contribution >= 0.6 is 15.9 Å². The van der Waals surface area contributed by atoms with Gasteiger partial charge in [0.2, 0.25) is 0 Å². The van der Waals surface area contributed by atoms with Crippen LogP contribution in [0.15, 0.2) is 27.6 Å². The zero-order valence-electron chi connectivity index (χ0n) is 14.1. The van der Waals surface area contributed by atoms with Gasteiger partial charge in [0, 0.05) is 17.6 Å². The molecule has 1 aliphatic carbocycles. The molecular weight excluding hydrogens is 396 g/mol. The summed E-state index contributed by atoms with van der Waals surface area (Å²) in [5.41, 5.74) is 0.304. The molecular formula is C16H23BrN2O4S. The van der Waals surface area contributed by atoms with Gasteiger partial charge in [-0.2, -0.15) is 0 Å². The average Bonchev–Trinajstić information content (AvgIpc) is 2.56. The summed E-state index contributed by atoms with van der Waals surface area (Å²) in [4.78, 5) is 17.4. The van der Waals surface area contributed by atoms with Crippen molar-refractivity contribution < 1.29 is 18.0 Å². The quantitative estimate of drug-likeness (QED) is 0.745. The molecule has 0 saturated heterocycles. The highest BCUT2D eigenvalue weighted by Crippen LogP contribution is 2.26. The third-order valence-corrected chi connectivity index (χ3v) is 6.87. The number of benzene rings is 1. The van der Waals surface area contributed by atoms with Crippen molar-refractivity contribution in [2.24, 2.45) is 5.92 Å². The molecule has 1 N–H and O–H groups in total. The van der Waals surface area contributed by atoms with Crippen LogP contribution in [-0.2, 0) is 14.9 Å². The average molecular weight is 419 g/mol. The van der Waals surface area contributed by atoms with E-state index in [0.29, 0.717) is 16.0 Å². The van der Waals surface area contributed by atoms with Crippen molar-refractivity contribution in [3.8, 4) is 0 Å². The van der Waals surface area contributed by atoms with E-state index in [9.17, 15) is 13.2 Å². The minimum atomic E-state index is -3.80. The van der Waals surface area contributed by atoms with Crippen LogP contribution < -0.4 is 5.32 Å². The number of halogens is 1. The molecule has 2 rings (SSSR count). The Morgan fingerprint density at radius 1 is 1.33 bits per heavy atom. The maximum atomic E-state index is 12.6. The topological polar surface area (TPSA) is 75.7 Å². The van der Waals surface area contributed by atoms with Crippen molar-refractivity contribution >= 4 is 31.9 Å². The van der Waals surface area contributed by atoms with Gasteiger partial charge in [0.25, 0.3) is 15.9 Å². The first-order valence-corrected chi connectivity index (χ1v) is 10.1. The monoisotopic (exact) mass is 418 g/mol. The summed E-state index contributed by atoms with van der Waals surface area (Å²) in [5.74, 6) is 0.158. The Bertz CT molecular complexity index is 708. The predicted molar refractivity (Wildman–Crippen MR) is 95.0 cm³/mol. The van der Waals surface area contributed by atoms with Gasteiger partial charge in [-0.1, -0.05) is 24.2 Å². The fourth-order valence-corrected chi connectivity index (χ4v) is 4.29. The molecule has 0 bridgehead atoms. The number of hydrogen-bond acceptors (Lipinski definition) is 4. The fourth-order valence-electron chi connectivity index (χ4n) is 2.86. The number of amides is 1. The Labute approximate surface area is 151 Å². The van der Waals surface area contributed by atoms with Crippen LogP contribution in [0.5, 0.6) is 0 Å². The van der Waals surface area contributed by atoms with Crippen molar-refractivity contribution in [2.75, 3.05) is 14.2 Å². The molecule has 1 aromatic carbocycles. The van der Waals surface area contributed by atoms with Gasteiger partial charge in [0.05, 0.1) is 17.6 Å². The summed E-state index contributed by atoms with van der Waals surface area (Å²) in [5, 5.41) is 3.04. The standard InChI is InChI=1S/C16H23BrN2O4S/c1-11-6-4-5-7-15(11)18-16(20)13-10-12(8-9-14(13)17)24(21,22)19(2)23-3/h8-11,15H,4-7H2,1-3H3,(H,18,20)/t11-,15-/m1/s1. The number of sulfonamides is 1. The van der Waals surface area contributed by atoms with E-state index in [1.807, 2.05) is 0 Å². The maximum Gasteiger partial charge on any atom is 0.264 e. The molecule has 0 radical (unpaired) electrons. The summed E-state index contributed by atoms with van der Waals surface area (Å²) in [6.07, 6.45) is 4.34. The highest BCUT2D eigenvalue weighted by Gasteiger charge is 2.26. The van der Waals surface area contributed by atoms with Gasteiger partial charge in [-0.05, 0) is 52.9 Å². The molecule has 1 saturated carbocycles. The van der Waals surface area contributed by atoms with E-state index in [0.717, 1.165) is 23.7 Å². The fraction of sp³-hybridized carbons (Fsp3) is 0.562. The van der Waals surface area contributed by atoms with E-state index in [1.165, 1.54) is 32.7 Å². The van der Waals surface area contributed by atoms with Crippen LogP contribution in [0.2, 0.25) is 0 Å². The van der Waals surface area contributed by atoms with E-state index in [1.54, 1.807) is 6.07 Å². The van der Waals surface area contributed by atoms with E-state index in [-0.39, 0.29) is 16.8 Å². The van der Waals surface area contributed by atoms with Gasteiger partial charge < -0.3 is 5.32 Å². The van der Waals surface area contributed by atoms with Gasteiger partial charge in [-0.3, -0.25) is 9.63 Å². The number of carbonyl (C=O) groups excluding carboxylic acids is 1. The Hall–Kier alpha value is -0.960. The molecule has 8 heteroatoms. The first-order chi connectivity index (χ1) is 11.3. The lowest BCUT2D eigenvalue weighted by atomic mass is 9.86. The minimum absolute atomic E-state index is 0.0110. The highest BCUT2D eigenvalue weighted by atomic mass is 79.9. The Kier molecular flexibility index (Phi) is 6.41. The molecule has 24 heavy (non-hydrogen) atoms. The van der Waals surface area contributed by atoms with Crippen molar-refractivity contribution in [1.82, 2.24) is 9.79 Å². The number of nitrogens with one attached hydrogen (secondary N) is 1. The molecule has 0 unspecified atom stereocenters. The van der Waals surface area contributed by atoms with Crippen molar-refractivity contribution in [3.05, 3.63) is 28.2 Å². The summed E-state index contributed by atoms with van der Waals surface area (Å²) in [6.45, 7) is 2.13. The van der Waals surface area contributed by atoms with Crippen molar-refractivity contribution in [3.63, 3.8) is 0 Å². The summed E-state index contributed by atoms with van der Waals surface area (Å²) in [7, 11) is -1.22. The van der Waals surface area contributed by atoms with Crippen LogP contribution in [0.1, 0.15) is 43.0 Å². The zero-order valence-corrected chi connectivity index (χ0v) is 16.5. The van der Waals surface area contributed by atoms with E-state index >= 15 is 0 Å². The molecule has 2 atom stereocenters. The second-order valence-corrected chi connectivity index (χ2v) is 8.87. The summed E-state index contributed by atoms with van der Waals surface area (Å²) >= 11 is 3.33. The Morgan fingerprint density at radius 2 is 2.00 bits per heavy atom. The molecule has 0 aromatic heterocycles. The smallest absolute Gasteiger partial charge is 0.264 e. The van der Waals surface area contributed by atoms with Crippen LogP contribution in [0.4, 0.5) is 0 Å². The van der Waals surface area contributed by atoms with Crippen LogP contribution in [-0.4, -0.2) is 39.0 Å². The van der Waals surface area contributed by atoms with E-state index in [4.69, 9.17) is 4.84 Å². The molecule has 1 fully saturated rings. The zero-order chi connectivity index (χ0) is 17.9. The Balaban J connectivity index is 2.26. The number of rotatable bonds is 5. The molecule has 134 valence electrons. The van der Waals surface area contributed by atoms with E-state index in [2.05, 4.69) is 28.2 Å². The number of hydrogen-bond donors (Lipinski definition) is 1. The van der Waals surface area contributed by atoms with Gasteiger partial charge in [0.15, 0.2) is 0 Å². The van der Waals surface area contributed by atoms with Gasteiger partial charge in [-0.25, -0.2) is 8.42 Å². The first kappa shape index (κ1) is 19.4. The van der Waals surface area contributed by atoms with Gasteiger partial charge in [0.1, 0.15) is 0 Å². The predicted octanol–water partition coefficient (Wildman–Crippen LogP) is 2.94. The number of nitrogens with zero attached hydrogens (tertiary/aromatic N) is 1. The van der Waals surface area contributed by atoms with E-state index < -0.39 is 10.0 Å². The van der Waals surface area contributed by atoms with Crippen molar-refractivity contribution in [2.45, 2.75) is 43.5 Å². The SMILES string of the molecule is CON(C)S(=O)(=O)c1ccc(Br)c(C(=O)N[C@@H]2CCCC[C@H]2C)c1. The Morgan fingerprint density at radius 3 is 2.62 bits per heavy atom. The summed E-state index contributed by atoms with van der Waals surface area (Å²) < 4.78 is 26.0. The first-order valence-electron chi connectivity index (χ1n) is 7.91. The molecule has 1 aromatic rings. The molecule has 0 aliphatic heterocycles. The third-order valence-electron chi connectivity index (χ3n) is 4.50. The normalized spacial score (nSPS) is 21.7. The molecule has 0 spiro atoms. The maximum absolute atomic E-state index is 12.6. The van der Waals surface area contributed by atoms with Crippen LogP contribution in [0, 0.1) is 5.92 Å². The van der Waals surface area contributed by atoms with Gasteiger partial charge >= 0.3 is 0 Å². The molecule has 6 nitrogen and oxygen atoms in total. The highest BCUT2D eigenvalue weighted by molar-refractivity contribution is 9.10. The second-order valence-electron chi connectivity index (χ2n) is 6.08. The lowest BCUT2D eigenvalue weighted by Gasteiger charge is -2.29. The summed E-state index contributed by atoms with van der Waals surface area (Å²) in [6, 6.07) is 4.50. The minimum Gasteiger partial charge on any atom is -0.349 e.